The van der Waals surface area contributed by atoms with Crippen molar-refractivity contribution in [1.29, 1.82) is 0 Å². The molecule has 0 aliphatic heterocycles. The van der Waals surface area contributed by atoms with Gasteiger partial charge in [0.15, 0.2) is 0 Å². The molecule has 0 amide bonds. The van der Waals surface area contributed by atoms with Crippen LogP contribution in [0.5, 0.6) is 5.75 Å². The highest BCUT2D eigenvalue weighted by atomic mass is 32.2. The van der Waals surface area contributed by atoms with Gasteiger partial charge in [0.1, 0.15) is 5.75 Å². The second kappa shape index (κ2) is 7.47. The van der Waals surface area contributed by atoms with Gasteiger partial charge in [0.25, 0.3) is 0 Å². The van der Waals surface area contributed by atoms with Crippen LogP contribution in [0.4, 0.5) is 0 Å². The van der Waals surface area contributed by atoms with E-state index < -0.39 is 10.1 Å². The molecule has 108 valence electrons. The zero-order valence-electron chi connectivity index (χ0n) is 11.6. The number of rotatable bonds is 8. The van der Waals surface area contributed by atoms with Crippen molar-refractivity contribution < 1.29 is 17.4 Å². The normalized spacial score (nSPS) is 11.8. The fourth-order valence-corrected chi connectivity index (χ4v) is 2.59. The summed E-state index contributed by atoms with van der Waals surface area (Å²) in [6.45, 7) is 5.13. The Balaban J connectivity index is 2.83. The quantitative estimate of drug-likeness (QED) is 0.687. The number of ether oxygens (including phenoxy) is 1. The fourth-order valence-electron chi connectivity index (χ4n) is 1.61. The summed E-state index contributed by atoms with van der Waals surface area (Å²) in [4.78, 5) is 0.130. The average molecular weight is 287 g/mol. The molecule has 19 heavy (non-hydrogen) atoms. The molecule has 0 fully saturated rings. The van der Waals surface area contributed by atoms with E-state index in [-0.39, 0.29) is 4.90 Å². The molecule has 0 radical (unpaired) electrons. The van der Waals surface area contributed by atoms with Crippen LogP contribution in [-0.2, 0) is 14.4 Å². The zero-order valence-corrected chi connectivity index (χ0v) is 12.4. The molecule has 0 saturated carbocycles. The van der Waals surface area contributed by atoms with Crippen molar-refractivity contribution in [1.82, 2.24) is 5.06 Å². The molecule has 0 heterocycles. The van der Waals surface area contributed by atoms with E-state index in [1.54, 1.807) is 12.1 Å². The Morgan fingerprint density at radius 2 is 1.58 bits per heavy atom. The summed E-state index contributed by atoms with van der Waals surface area (Å²) in [5.74, 6) is 0.609. The standard InChI is InChI=1S/C13H21NO4S/c1-4-10-14(11-5-2)18-19(15,16)13-8-6-12(17-3)7-9-13/h6-9H,4-5,10-11H2,1-3H3. The molecule has 0 unspecified atom stereocenters. The monoisotopic (exact) mass is 287 g/mol. The molecule has 5 nitrogen and oxygen atoms in total. The predicted octanol–water partition coefficient (Wildman–Crippen LogP) is 2.44. The van der Waals surface area contributed by atoms with Crippen LogP contribution in [0.2, 0.25) is 0 Å². The van der Waals surface area contributed by atoms with Crippen LogP contribution >= 0.6 is 0 Å². The van der Waals surface area contributed by atoms with Crippen molar-refractivity contribution in [2.45, 2.75) is 31.6 Å². The molecule has 0 aromatic heterocycles. The fraction of sp³-hybridized carbons (Fsp3) is 0.538. The first kappa shape index (κ1) is 15.9. The Morgan fingerprint density at radius 1 is 1.05 bits per heavy atom. The maximum absolute atomic E-state index is 12.1. The lowest BCUT2D eigenvalue weighted by Crippen LogP contribution is -2.29. The molecule has 0 aliphatic rings. The van der Waals surface area contributed by atoms with Gasteiger partial charge < -0.3 is 4.74 Å². The maximum Gasteiger partial charge on any atom is 0.313 e. The average Bonchev–Trinajstić information content (AvgIpc) is 2.39. The smallest absolute Gasteiger partial charge is 0.313 e. The summed E-state index contributed by atoms with van der Waals surface area (Å²) < 4.78 is 34.3. The van der Waals surface area contributed by atoms with Gasteiger partial charge >= 0.3 is 10.1 Å². The van der Waals surface area contributed by atoms with Gasteiger partial charge in [-0.15, -0.1) is 0 Å². The second-order valence-corrected chi connectivity index (χ2v) is 5.66. The molecule has 1 rings (SSSR count). The van der Waals surface area contributed by atoms with Crippen LogP contribution < -0.4 is 4.74 Å². The van der Waals surface area contributed by atoms with Crippen LogP contribution in [0.3, 0.4) is 0 Å². The van der Waals surface area contributed by atoms with Crippen LogP contribution in [-0.4, -0.2) is 33.7 Å². The van der Waals surface area contributed by atoms with E-state index in [1.807, 2.05) is 13.8 Å². The van der Waals surface area contributed by atoms with Crippen molar-refractivity contribution >= 4 is 10.1 Å². The Hall–Kier alpha value is -1.11. The third kappa shape index (κ3) is 4.81. The Morgan fingerprint density at radius 3 is 2.00 bits per heavy atom. The van der Waals surface area contributed by atoms with Crippen LogP contribution in [0.25, 0.3) is 0 Å². The third-order valence-corrected chi connectivity index (χ3v) is 3.75. The molecular formula is C13H21NO4S. The van der Waals surface area contributed by atoms with E-state index in [4.69, 9.17) is 9.02 Å². The minimum Gasteiger partial charge on any atom is -0.497 e. The summed E-state index contributed by atoms with van der Waals surface area (Å²) in [7, 11) is -2.23. The van der Waals surface area contributed by atoms with Gasteiger partial charge in [-0.3, -0.25) is 0 Å². The highest BCUT2D eigenvalue weighted by Crippen LogP contribution is 2.18. The minimum atomic E-state index is -3.76. The molecule has 6 heteroatoms. The van der Waals surface area contributed by atoms with Gasteiger partial charge in [0.05, 0.1) is 12.0 Å². The highest BCUT2D eigenvalue weighted by Gasteiger charge is 2.19. The van der Waals surface area contributed by atoms with E-state index >= 15 is 0 Å². The predicted molar refractivity (Wildman–Crippen MR) is 73.4 cm³/mol. The van der Waals surface area contributed by atoms with Gasteiger partial charge in [-0.05, 0) is 37.1 Å². The molecule has 0 aliphatic carbocycles. The first-order chi connectivity index (χ1) is 9.03. The Kier molecular flexibility index (Phi) is 6.27. The molecule has 1 aromatic carbocycles. The molecule has 0 atom stereocenters. The number of methoxy groups -OCH3 is 1. The lowest BCUT2D eigenvalue weighted by Gasteiger charge is -2.19. The number of hydrogen-bond donors (Lipinski definition) is 0. The summed E-state index contributed by atoms with van der Waals surface area (Å²) in [6, 6.07) is 6.15. The number of hydrogen-bond acceptors (Lipinski definition) is 5. The van der Waals surface area contributed by atoms with Crippen LogP contribution in [0.15, 0.2) is 29.2 Å². The lowest BCUT2D eigenvalue weighted by atomic mass is 10.3. The summed E-state index contributed by atoms with van der Waals surface area (Å²) in [5, 5.41) is 1.49. The van der Waals surface area contributed by atoms with Crippen molar-refractivity contribution in [2.24, 2.45) is 0 Å². The molecule has 1 aromatic rings. The highest BCUT2D eigenvalue weighted by molar-refractivity contribution is 7.86. The Bertz CT molecular complexity index is 464. The van der Waals surface area contributed by atoms with E-state index in [1.165, 1.54) is 24.3 Å². The molecule has 0 spiro atoms. The summed E-state index contributed by atoms with van der Waals surface area (Å²) in [5.41, 5.74) is 0. The molecule has 0 saturated heterocycles. The first-order valence-corrected chi connectivity index (χ1v) is 7.78. The first-order valence-electron chi connectivity index (χ1n) is 6.37. The third-order valence-electron chi connectivity index (χ3n) is 2.50. The van der Waals surface area contributed by atoms with Crippen molar-refractivity contribution in [3.8, 4) is 5.75 Å². The van der Waals surface area contributed by atoms with E-state index in [2.05, 4.69) is 0 Å². The van der Waals surface area contributed by atoms with Gasteiger partial charge in [-0.1, -0.05) is 13.8 Å². The molecule has 0 bridgehead atoms. The number of nitrogens with zero attached hydrogens (tertiary/aromatic N) is 1. The minimum absolute atomic E-state index is 0.130. The number of hydroxylamine groups is 2. The molecular weight excluding hydrogens is 266 g/mol. The van der Waals surface area contributed by atoms with Gasteiger partial charge in [-0.25, -0.2) is 0 Å². The van der Waals surface area contributed by atoms with Crippen molar-refractivity contribution in [2.75, 3.05) is 20.2 Å². The van der Waals surface area contributed by atoms with Crippen molar-refractivity contribution in [3.63, 3.8) is 0 Å². The maximum atomic E-state index is 12.1. The van der Waals surface area contributed by atoms with Gasteiger partial charge in [-0.2, -0.15) is 17.8 Å². The van der Waals surface area contributed by atoms with Gasteiger partial charge in [0.2, 0.25) is 0 Å². The number of benzene rings is 1. The van der Waals surface area contributed by atoms with Crippen LogP contribution in [0.1, 0.15) is 26.7 Å². The van der Waals surface area contributed by atoms with E-state index in [0.717, 1.165) is 12.8 Å². The topological polar surface area (TPSA) is 55.8 Å². The largest absolute Gasteiger partial charge is 0.497 e. The zero-order chi connectivity index (χ0) is 14.3. The molecule has 0 N–H and O–H groups in total. The van der Waals surface area contributed by atoms with Gasteiger partial charge in [0, 0.05) is 13.1 Å². The Labute approximate surface area is 115 Å². The van der Waals surface area contributed by atoms with E-state index in [9.17, 15) is 8.42 Å². The SMILES string of the molecule is CCCN(CCC)OS(=O)(=O)c1ccc(OC)cc1. The lowest BCUT2D eigenvalue weighted by molar-refractivity contribution is -0.0510. The summed E-state index contributed by atoms with van der Waals surface area (Å²) >= 11 is 0. The second-order valence-electron chi connectivity index (χ2n) is 4.13. The van der Waals surface area contributed by atoms with Crippen molar-refractivity contribution in [3.05, 3.63) is 24.3 Å². The van der Waals surface area contributed by atoms with Crippen LogP contribution in [0, 0.1) is 0 Å². The summed E-state index contributed by atoms with van der Waals surface area (Å²) in [6.07, 6.45) is 1.66. The van der Waals surface area contributed by atoms with E-state index in [0.29, 0.717) is 18.8 Å².